The molecule has 2 aromatic rings. The lowest BCUT2D eigenvalue weighted by atomic mass is 10.1. The highest BCUT2D eigenvalue weighted by atomic mass is 35.5. The Balaban J connectivity index is 1.98. The number of benzene rings is 2. The van der Waals surface area contributed by atoms with Crippen LogP contribution in [-0.2, 0) is 9.59 Å². The van der Waals surface area contributed by atoms with E-state index in [0.717, 1.165) is 0 Å². The van der Waals surface area contributed by atoms with Crippen molar-refractivity contribution in [1.29, 1.82) is 0 Å². The largest absolute Gasteiger partial charge is 0.507 e. The van der Waals surface area contributed by atoms with Crippen LogP contribution < -0.4 is 15.0 Å². The van der Waals surface area contributed by atoms with Crippen LogP contribution in [0.2, 0.25) is 5.02 Å². The summed E-state index contributed by atoms with van der Waals surface area (Å²) >= 11 is 11.1. The van der Waals surface area contributed by atoms with E-state index in [1.165, 1.54) is 29.2 Å². The predicted molar refractivity (Wildman–Crippen MR) is 107 cm³/mol. The van der Waals surface area contributed by atoms with E-state index in [1.807, 2.05) is 6.92 Å². The number of carbonyl (C=O) groups excluding carboxylic acids is 2. The molecule has 0 aromatic heterocycles. The summed E-state index contributed by atoms with van der Waals surface area (Å²) < 4.78 is 5.39. The summed E-state index contributed by atoms with van der Waals surface area (Å²) in [6.07, 6.45) is 1.28. The number of anilines is 1. The average Bonchev–Trinajstić information content (AvgIpc) is 2.63. The molecule has 1 heterocycles. The lowest BCUT2D eigenvalue weighted by molar-refractivity contribution is -0.122. The van der Waals surface area contributed by atoms with E-state index in [0.29, 0.717) is 23.1 Å². The van der Waals surface area contributed by atoms with Gasteiger partial charge in [-0.25, -0.2) is 0 Å². The third kappa shape index (κ3) is 3.94. The number of aromatic hydroxyl groups is 1. The van der Waals surface area contributed by atoms with Crippen LogP contribution in [0.5, 0.6) is 11.5 Å². The van der Waals surface area contributed by atoms with Crippen molar-refractivity contribution >= 4 is 52.5 Å². The minimum atomic E-state index is -0.647. The number of nitrogens with one attached hydrogen (secondary N) is 1. The van der Waals surface area contributed by atoms with Crippen molar-refractivity contribution in [2.45, 2.75) is 6.92 Å². The smallest absolute Gasteiger partial charge is 0.270 e. The fourth-order valence-electron chi connectivity index (χ4n) is 2.55. The van der Waals surface area contributed by atoms with Gasteiger partial charge in [-0.15, -0.1) is 0 Å². The third-order valence-electron chi connectivity index (χ3n) is 3.80. The molecule has 2 amide bonds. The van der Waals surface area contributed by atoms with Crippen molar-refractivity contribution in [2.24, 2.45) is 0 Å². The van der Waals surface area contributed by atoms with Gasteiger partial charge in [0, 0.05) is 10.6 Å². The molecule has 1 saturated heterocycles. The summed E-state index contributed by atoms with van der Waals surface area (Å²) in [6, 6.07) is 11.1. The molecule has 0 bridgehead atoms. The molecule has 1 aliphatic heterocycles. The molecule has 0 radical (unpaired) electrons. The lowest BCUT2D eigenvalue weighted by Crippen LogP contribution is -2.54. The predicted octanol–water partition coefficient (Wildman–Crippen LogP) is 3.28. The quantitative estimate of drug-likeness (QED) is 0.466. The van der Waals surface area contributed by atoms with Gasteiger partial charge in [0.15, 0.2) is 5.11 Å². The molecular formula is C19H15ClN2O4S. The van der Waals surface area contributed by atoms with Gasteiger partial charge >= 0.3 is 0 Å². The van der Waals surface area contributed by atoms with Gasteiger partial charge in [-0.05, 0) is 67.7 Å². The number of nitrogens with zero attached hydrogens (tertiary/aromatic N) is 1. The zero-order valence-corrected chi connectivity index (χ0v) is 15.8. The first-order chi connectivity index (χ1) is 12.9. The van der Waals surface area contributed by atoms with Crippen LogP contribution in [0.4, 0.5) is 5.69 Å². The molecule has 0 spiro atoms. The van der Waals surface area contributed by atoms with E-state index < -0.39 is 11.8 Å². The number of phenols is 1. The van der Waals surface area contributed by atoms with E-state index >= 15 is 0 Å². The highest BCUT2D eigenvalue weighted by Crippen LogP contribution is 2.27. The van der Waals surface area contributed by atoms with Gasteiger partial charge in [0.25, 0.3) is 11.8 Å². The maximum atomic E-state index is 12.9. The Labute approximate surface area is 166 Å². The van der Waals surface area contributed by atoms with Gasteiger partial charge < -0.3 is 9.84 Å². The maximum absolute atomic E-state index is 12.9. The number of amides is 2. The normalized spacial score (nSPS) is 15.9. The Morgan fingerprint density at radius 1 is 1.22 bits per heavy atom. The summed E-state index contributed by atoms with van der Waals surface area (Å²) in [5.41, 5.74) is 0.560. The summed E-state index contributed by atoms with van der Waals surface area (Å²) in [5.74, 6) is -0.701. The molecule has 8 heteroatoms. The molecule has 0 unspecified atom stereocenters. The van der Waals surface area contributed by atoms with E-state index in [1.54, 1.807) is 24.3 Å². The second kappa shape index (κ2) is 7.77. The number of thiocarbonyl (C=S) groups is 1. The van der Waals surface area contributed by atoms with Crippen LogP contribution in [-0.4, -0.2) is 28.6 Å². The van der Waals surface area contributed by atoms with Crippen molar-refractivity contribution in [3.63, 3.8) is 0 Å². The van der Waals surface area contributed by atoms with E-state index in [9.17, 15) is 14.7 Å². The Morgan fingerprint density at radius 2 is 1.93 bits per heavy atom. The van der Waals surface area contributed by atoms with Gasteiger partial charge in [-0.3, -0.25) is 19.8 Å². The van der Waals surface area contributed by atoms with Crippen LogP contribution in [0.25, 0.3) is 6.08 Å². The van der Waals surface area contributed by atoms with Crippen LogP contribution in [0.15, 0.2) is 48.0 Å². The number of halogens is 1. The standard InChI is InChI=1S/C19H15ClN2O4S/c1-2-26-14-6-4-13(5-7-14)22-18(25)15(17(24)21-19(22)27)10-11-9-12(20)3-8-16(11)23/h3-10,23H,2H2,1H3,(H,21,24,27)/b15-10+. The van der Waals surface area contributed by atoms with Crippen LogP contribution >= 0.6 is 23.8 Å². The molecule has 1 aliphatic rings. The number of hydrogen-bond donors (Lipinski definition) is 2. The number of carbonyl (C=O) groups is 2. The van der Waals surface area contributed by atoms with Gasteiger partial charge in [-0.2, -0.15) is 0 Å². The summed E-state index contributed by atoms with van der Waals surface area (Å²) in [6.45, 7) is 2.39. The highest BCUT2D eigenvalue weighted by Gasteiger charge is 2.34. The fourth-order valence-corrected chi connectivity index (χ4v) is 3.01. The summed E-state index contributed by atoms with van der Waals surface area (Å²) in [5, 5.41) is 12.8. The van der Waals surface area contributed by atoms with Crippen LogP contribution in [0, 0.1) is 0 Å². The minimum absolute atomic E-state index is 0.0263. The first-order valence-electron chi connectivity index (χ1n) is 8.03. The first kappa shape index (κ1) is 18.9. The van der Waals surface area contributed by atoms with E-state index in [4.69, 9.17) is 28.6 Å². The summed E-state index contributed by atoms with van der Waals surface area (Å²) in [4.78, 5) is 26.4. The van der Waals surface area contributed by atoms with E-state index in [-0.39, 0.29) is 22.0 Å². The minimum Gasteiger partial charge on any atom is -0.507 e. The number of ether oxygens (including phenoxy) is 1. The zero-order chi connectivity index (χ0) is 19.6. The molecule has 3 rings (SSSR count). The number of rotatable bonds is 4. The maximum Gasteiger partial charge on any atom is 0.270 e. The molecule has 138 valence electrons. The number of phenolic OH excluding ortho intramolecular Hbond substituents is 1. The van der Waals surface area contributed by atoms with Crippen molar-refractivity contribution in [2.75, 3.05) is 11.5 Å². The fraction of sp³-hybridized carbons (Fsp3) is 0.105. The topological polar surface area (TPSA) is 78.9 Å². The second-order valence-corrected chi connectivity index (χ2v) is 6.41. The van der Waals surface area contributed by atoms with E-state index in [2.05, 4.69) is 5.32 Å². The van der Waals surface area contributed by atoms with Gasteiger partial charge in [-0.1, -0.05) is 11.6 Å². The van der Waals surface area contributed by atoms with Gasteiger partial charge in [0.2, 0.25) is 0 Å². The molecule has 6 nitrogen and oxygen atoms in total. The highest BCUT2D eigenvalue weighted by molar-refractivity contribution is 7.80. The van der Waals surface area contributed by atoms with Gasteiger partial charge in [0.1, 0.15) is 17.1 Å². The second-order valence-electron chi connectivity index (χ2n) is 5.59. The SMILES string of the molecule is CCOc1ccc(N2C(=O)/C(=C/c3cc(Cl)ccc3O)C(=O)NC2=S)cc1. The first-order valence-corrected chi connectivity index (χ1v) is 8.82. The van der Waals surface area contributed by atoms with Crippen LogP contribution in [0.3, 0.4) is 0 Å². The van der Waals surface area contributed by atoms with Gasteiger partial charge in [0.05, 0.1) is 12.3 Å². The van der Waals surface area contributed by atoms with Crippen molar-refractivity contribution in [1.82, 2.24) is 5.32 Å². The lowest BCUT2D eigenvalue weighted by Gasteiger charge is -2.29. The molecule has 27 heavy (non-hydrogen) atoms. The molecule has 1 fully saturated rings. The number of hydrogen-bond acceptors (Lipinski definition) is 5. The van der Waals surface area contributed by atoms with Crippen molar-refractivity contribution in [3.05, 3.63) is 58.6 Å². The molecule has 0 saturated carbocycles. The third-order valence-corrected chi connectivity index (χ3v) is 4.32. The Kier molecular flexibility index (Phi) is 5.43. The Hall–Kier alpha value is -2.90. The van der Waals surface area contributed by atoms with Crippen molar-refractivity contribution in [3.8, 4) is 11.5 Å². The molecule has 2 aromatic carbocycles. The summed E-state index contributed by atoms with van der Waals surface area (Å²) in [7, 11) is 0. The molecular weight excluding hydrogens is 388 g/mol. The Morgan fingerprint density at radius 3 is 2.59 bits per heavy atom. The van der Waals surface area contributed by atoms with Crippen molar-refractivity contribution < 1.29 is 19.4 Å². The average molecular weight is 403 g/mol. The van der Waals surface area contributed by atoms with Crippen LogP contribution in [0.1, 0.15) is 12.5 Å². The molecule has 0 atom stereocenters. The molecule has 0 aliphatic carbocycles. The molecule has 2 N–H and O–H groups in total. The monoisotopic (exact) mass is 402 g/mol. The Bertz CT molecular complexity index is 957. The zero-order valence-electron chi connectivity index (χ0n) is 14.2.